The minimum Gasteiger partial charge on any atom is -0.399 e. The predicted molar refractivity (Wildman–Crippen MR) is 71.4 cm³/mol. The molecule has 2 aromatic rings. The van der Waals surface area contributed by atoms with Crippen LogP contribution in [-0.2, 0) is 7.05 Å². The summed E-state index contributed by atoms with van der Waals surface area (Å²) in [6, 6.07) is 8.41. The maximum absolute atomic E-state index is 11.7. The number of aryl methyl sites for hydroxylation is 2. The highest BCUT2D eigenvalue weighted by Crippen LogP contribution is 2.12. The first-order valence-corrected chi connectivity index (χ1v) is 5.49. The maximum atomic E-state index is 11.7. The molecule has 94 valence electrons. The summed E-state index contributed by atoms with van der Waals surface area (Å²) < 4.78 is 1.61. The van der Waals surface area contributed by atoms with Crippen molar-refractivity contribution in [2.24, 2.45) is 7.05 Å². The van der Waals surface area contributed by atoms with Gasteiger partial charge in [-0.05, 0) is 31.2 Å². The van der Waals surface area contributed by atoms with Crippen LogP contribution in [0.15, 0.2) is 30.3 Å². The second kappa shape index (κ2) is 4.79. The number of nitrogens with one attached hydrogen (secondary N) is 2. The third-order valence-electron chi connectivity index (χ3n) is 2.41. The summed E-state index contributed by atoms with van der Waals surface area (Å²) in [5.74, 6) is 0.639. The van der Waals surface area contributed by atoms with Gasteiger partial charge in [0.25, 0.3) is 0 Å². The van der Waals surface area contributed by atoms with Crippen molar-refractivity contribution in [3.8, 4) is 0 Å². The van der Waals surface area contributed by atoms with Gasteiger partial charge in [0.05, 0.1) is 5.69 Å². The largest absolute Gasteiger partial charge is 0.399 e. The Kier molecular flexibility index (Phi) is 3.18. The van der Waals surface area contributed by atoms with Gasteiger partial charge in [-0.3, -0.25) is 10.00 Å². The highest BCUT2D eigenvalue weighted by molar-refractivity contribution is 5.99. The van der Waals surface area contributed by atoms with Crippen molar-refractivity contribution in [2.75, 3.05) is 16.4 Å². The number of aromatic nitrogens is 2. The lowest BCUT2D eigenvalue weighted by Crippen LogP contribution is -2.20. The molecule has 0 spiro atoms. The van der Waals surface area contributed by atoms with Crippen molar-refractivity contribution >= 4 is 23.2 Å². The van der Waals surface area contributed by atoms with E-state index in [9.17, 15) is 4.79 Å². The molecule has 1 aromatic heterocycles. The molecule has 4 N–H and O–H groups in total. The van der Waals surface area contributed by atoms with E-state index in [1.165, 1.54) is 0 Å². The molecular weight excluding hydrogens is 230 g/mol. The van der Waals surface area contributed by atoms with E-state index in [0.29, 0.717) is 17.2 Å². The fourth-order valence-electron chi connectivity index (χ4n) is 1.57. The van der Waals surface area contributed by atoms with Crippen LogP contribution in [0.4, 0.5) is 22.0 Å². The summed E-state index contributed by atoms with van der Waals surface area (Å²) in [6.45, 7) is 1.86. The van der Waals surface area contributed by atoms with E-state index < -0.39 is 0 Å². The van der Waals surface area contributed by atoms with E-state index in [1.807, 2.05) is 6.92 Å². The van der Waals surface area contributed by atoms with Crippen molar-refractivity contribution in [1.82, 2.24) is 9.78 Å². The van der Waals surface area contributed by atoms with Gasteiger partial charge in [0, 0.05) is 24.5 Å². The minimum absolute atomic E-state index is 0.317. The molecule has 0 aliphatic heterocycles. The van der Waals surface area contributed by atoms with Gasteiger partial charge in [0.15, 0.2) is 0 Å². The van der Waals surface area contributed by atoms with Gasteiger partial charge in [0.1, 0.15) is 5.82 Å². The number of benzene rings is 1. The highest BCUT2D eigenvalue weighted by Gasteiger charge is 2.06. The molecular formula is C12H15N5O. The number of anilines is 3. The van der Waals surface area contributed by atoms with E-state index in [1.54, 1.807) is 42.1 Å². The molecule has 0 atom stereocenters. The van der Waals surface area contributed by atoms with E-state index in [0.717, 1.165) is 5.69 Å². The van der Waals surface area contributed by atoms with E-state index >= 15 is 0 Å². The Morgan fingerprint density at radius 3 is 2.50 bits per heavy atom. The zero-order valence-electron chi connectivity index (χ0n) is 10.3. The van der Waals surface area contributed by atoms with E-state index in [-0.39, 0.29) is 6.03 Å². The van der Waals surface area contributed by atoms with E-state index in [4.69, 9.17) is 5.73 Å². The number of rotatable bonds is 2. The molecule has 6 nitrogen and oxygen atoms in total. The number of nitrogen functional groups attached to an aromatic ring is 1. The molecule has 6 heteroatoms. The number of hydrogen-bond acceptors (Lipinski definition) is 3. The number of nitrogens with two attached hydrogens (primary N) is 1. The van der Waals surface area contributed by atoms with E-state index in [2.05, 4.69) is 15.7 Å². The lowest BCUT2D eigenvalue weighted by Gasteiger charge is -2.07. The summed E-state index contributed by atoms with van der Waals surface area (Å²) in [5.41, 5.74) is 7.75. The van der Waals surface area contributed by atoms with Crippen LogP contribution in [0.5, 0.6) is 0 Å². The van der Waals surface area contributed by atoms with Gasteiger partial charge in [-0.2, -0.15) is 5.10 Å². The molecule has 0 saturated carbocycles. The Bertz CT molecular complexity index is 558. The molecule has 0 saturated heterocycles. The zero-order valence-corrected chi connectivity index (χ0v) is 10.3. The van der Waals surface area contributed by atoms with Gasteiger partial charge in [-0.25, -0.2) is 4.79 Å². The van der Waals surface area contributed by atoms with Crippen molar-refractivity contribution in [1.29, 1.82) is 0 Å². The lowest BCUT2D eigenvalue weighted by atomic mass is 10.3. The van der Waals surface area contributed by atoms with Gasteiger partial charge < -0.3 is 11.1 Å². The van der Waals surface area contributed by atoms with Gasteiger partial charge in [-0.15, -0.1) is 0 Å². The first-order valence-electron chi connectivity index (χ1n) is 5.49. The van der Waals surface area contributed by atoms with Gasteiger partial charge in [-0.1, -0.05) is 0 Å². The maximum Gasteiger partial charge on any atom is 0.324 e. The summed E-state index contributed by atoms with van der Waals surface area (Å²) in [6.07, 6.45) is 0. The fourth-order valence-corrected chi connectivity index (χ4v) is 1.57. The van der Waals surface area contributed by atoms with Crippen molar-refractivity contribution in [3.63, 3.8) is 0 Å². The quantitative estimate of drug-likeness (QED) is 0.707. The molecule has 1 heterocycles. The minimum atomic E-state index is -0.317. The number of amides is 2. The molecule has 0 unspecified atom stereocenters. The van der Waals surface area contributed by atoms with Crippen LogP contribution in [0.2, 0.25) is 0 Å². The number of hydrogen-bond donors (Lipinski definition) is 3. The summed E-state index contributed by atoms with van der Waals surface area (Å²) >= 11 is 0. The number of urea groups is 1. The van der Waals surface area contributed by atoms with Gasteiger partial charge in [0.2, 0.25) is 0 Å². The molecule has 2 amide bonds. The predicted octanol–water partition coefficient (Wildman–Crippen LogP) is 1.95. The Labute approximate surface area is 105 Å². The number of carbonyl (C=O) groups excluding carboxylic acids is 1. The summed E-state index contributed by atoms with van der Waals surface area (Å²) in [4.78, 5) is 11.7. The molecule has 2 rings (SSSR count). The van der Waals surface area contributed by atoms with Crippen LogP contribution in [0.3, 0.4) is 0 Å². The Hall–Kier alpha value is -2.50. The second-order valence-corrected chi connectivity index (χ2v) is 4.00. The topological polar surface area (TPSA) is 85.0 Å². The monoisotopic (exact) mass is 245 g/mol. The molecule has 0 fully saturated rings. The Morgan fingerprint density at radius 2 is 1.94 bits per heavy atom. The second-order valence-electron chi connectivity index (χ2n) is 4.00. The SMILES string of the molecule is Cc1cc(NC(=O)Nc2ccc(N)cc2)n(C)n1. The normalized spacial score (nSPS) is 10.1. The number of carbonyl (C=O) groups is 1. The standard InChI is InChI=1S/C12H15N5O/c1-8-7-11(17(2)16-8)15-12(18)14-10-5-3-9(13)4-6-10/h3-7H,13H2,1-2H3,(H2,14,15,18). The van der Waals surface area contributed by atoms with Crippen LogP contribution in [-0.4, -0.2) is 15.8 Å². The third-order valence-corrected chi connectivity index (χ3v) is 2.41. The molecule has 0 aliphatic rings. The summed E-state index contributed by atoms with van der Waals surface area (Å²) in [7, 11) is 1.77. The van der Waals surface area contributed by atoms with Crippen molar-refractivity contribution in [3.05, 3.63) is 36.0 Å². The first-order chi connectivity index (χ1) is 8.54. The Morgan fingerprint density at radius 1 is 1.28 bits per heavy atom. The third kappa shape index (κ3) is 2.79. The number of nitrogens with zero attached hydrogens (tertiary/aromatic N) is 2. The van der Waals surface area contributed by atoms with Crippen LogP contribution in [0, 0.1) is 6.92 Å². The summed E-state index contributed by atoms with van der Waals surface area (Å²) in [5, 5.41) is 9.56. The average molecular weight is 245 g/mol. The smallest absolute Gasteiger partial charge is 0.324 e. The molecule has 18 heavy (non-hydrogen) atoms. The molecule has 1 aromatic carbocycles. The molecule has 0 radical (unpaired) electrons. The average Bonchev–Trinajstić information content (AvgIpc) is 2.61. The van der Waals surface area contributed by atoms with Crippen LogP contribution in [0.25, 0.3) is 0 Å². The first kappa shape index (κ1) is 12.0. The van der Waals surface area contributed by atoms with Crippen LogP contribution in [0.1, 0.15) is 5.69 Å². The zero-order chi connectivity index (χ0) is 13.1. The fraction of sp³-hybridized carbons (Fsp3) is 0.167. The molecule has 0 aliphatic carbocycles. The molecule has 0 bridgehead atoms. The highest BCUT2D eigenvalue weighted by atomic mass is 16.2. The van der Waals surface area contributed by atoms with Crippen LogP contribution >= 0.6 is 0 Å². The van der Waals surface area contributed by atoms with Gasteiger partial charge >= 0.3 is 6.03 Å². The lowest BCUT2D eigenvalue weighted by molar-refractivity contribution is 0.262. The van der Waals surface area contributed by atoms with Crippen LogP contribution < -0.4 is 16.4 Å². The Balaban J connectivity index is 2.01. The van der Waals surface area contributed by atoms with Crippen molar-refractivity contribution < 1.29 is 4.79 Å². The van der Waals surface area contributed by atoms with Crippen molar-refractivity contribution in [2.45, 2.75) is 6.92 Å².